The first-order valence-electron chi connectivity index (χ1n) is 6.80. The summed E-state index contributed by atoms with van der Waals surface area (Å²) in [7, 11) is 0. The fourth-order valence-corrected chi connectivity index (χ4v) is 1.99. The summed E-state index contributed by atoms with van der Waals surface area (Å²) in [4.78, 5) is 11.6. The van der Waals surface area contributed by atoms with Gasteiger partial charge in [-0.15, -0.1) is 0 Å². The molecule has 1 aromatic rings. The molecule has 3 heteroatoms. The van der Waals surface area contributed by atoms with Crippen molar-refractivity contribution in [2.45, 2.75) is 38.6 Å². The minimum absolute atomic E-state index is 0.149. The molecule has 1 saturated carbocycles. The summed E-state index contributed by atoms with van der Waals surface area (Å²) in [6, 6.07) is 8.96. The molecule has 0 bridgehead atoms. The van der Waals surface area contributed by atoms with Gasteiger partial charge in [0.2, 0.25) is 5.91 Å². The fourth-order valence-electron chi connectivity index (χ4n) is 1.99. The smallest absolute Gasteiger partial charge is 0.220 e. The van der Waals surface area contributed by atoms with E-state index in [0.717, 1.165) is 19.5 Å². The molecule has 1 aliphatic rings. The monoisotopic (exact) mass is 246 g/mol. The minimum atomic E-state index is 0.149. The van der Waals surface area contributed by atoms with Crippen molar-refractivity contribution in [3.05, 3.63) is 35.4 Å². The molecule has 0 aromatic heterocycles. The molecule has 0 radical (unpaired) electrons. The highest BCUT2D eigenvalue weighted by Gasteiger charge is 2.19. The second-order valence-electron chi connectivity index (χ2n) is 5.00. The first kappa shape index (κ1) is 13.1. The predicted molar refractivity (Wildman–Crippen MR) is 73.5 cm³/mol. The number of hydrogen-bond acceptors (Lipinski definition) is 2. The summed E-state index contributed by atoms with van der Waals surface area (Å²) < 4.78 is 0. The number of hydrogen-bond donors (Lipinski definition) is 2. The molecule has 1 aliphatic carbocycles. The van der Waals surface area contributed by atoms with Crippen molar-refractivity contribution in [1.29, 1.82) is 0 Å². The highest BCUT2D eigenvalue weighted by atomic mass is 16.1. The molecule has 98 valence electrons. The van der Waals surface area contributed by atoms with Crippen LogP contribution in [0.3, 0.4) is 0 Å². The summed E-state index contributed by atoms with van der Waals surface area (Å²) in [6.45, 7) is 3.72. The lowest BCUT2D eigenvalue weighted by atomic mass is 10.0. The summed E-state index contributed by atoms with van der Waals surface area (Å²) in [5, 5.41) is 6.33. The van der Waals surface area contributed by atoms with E-state index in [2.05, 4.69) is 29.7 Å². The van der Waals surface area contributed by atoms with Gasteiger partial charge in [-0.3, -0.25) is 4.79 Å². The van der Waals surface area contributed by atoms with Crippen molar-refractivity contribution in [1.82, 2.24) is 10.6 Å². The summed E-state index contributed by atoms with van der Waals surface area (Å²) in [5.74, 6) is 0.149. The third kappa shape index (κ3) is 4.49. The van der Waals surface area contributed by atoms with Gasteiger partial charge in [0.25, 0.3) is 0 Å². The Morgan fingerprint density at radius 3 is 2.78 bits per heavy atom. The SMILES string of the molecule is Cc1ccccc1CCC(=O)NCCNC1CC1. The largest absolute Gasteiger partial charge is 0.355 e. The lowest BCUT2D eigenvalue weighted by Gasteiger charge is -2.07. The number of amides is 1. The number of carbonyl (C=O) groups excluding carboxylic acids is 1. The second kappa shape index (κ2) is 6.55. The number of rotatable bonds is 7. The van der Waals surface area contributed by atoms with Crippen LogP contribution >= 0.6 is 0 Å². The summed E-state index contributed by atoms with van der Waals surface area (Å²) in [5.41, 5.74) is 2.53. The van der Waals surface area contributed by atoms with Gasteiger partial charge >= 0.3 is 0 Å². The lowest BCUT2D eigenvalue weighted by molar-refractivity contribution is -0.121. The molecule has 3 nitrogen and oxygen atoms in total. The standard InChI is InChI=1S/C15H22N2O/c1-12-4-2-3-5-13(12)6-9-15(18)17-11-10-16-14-7-8-14/h2-5,14,16H,6-11H2,1H3,(H,17,18). The van der Waals surface area contributed by atoms with E-state index in [4.69, 9.17) is 0 Å². The van der Waals surface area contributed by atoms with Gasteiger partial charge in [0.1, 0.15) is 0 Å². The van der Waals surface area contributed by atoms with Crippen LogP contribution < -0.4 is 10.6 Å². The van der Waals surface area contributed by atoms with Crippen LogP contribution in [0, 0.1) is 6.92 Å². The van der Waals surface area contributed by atoms with Crippen LogP contribution in [0.4, 0.5) is 0 Å². The van der Waals surface area contributed by atoms with Gasteiger partial charge in [0, 0.05) is 25.6 Å². The fraction of sp³-hybridized carbons (Fsp3) is 0.533. The molecule has 1 aromatic carbocycles. The van der Waals surface area contributed by atoms with Crippen molar-refractivity contribution in [2.24, 2.45) is 0 Å². The lowest BCUT2D eigenvalue weighted by Crippen LogP contribution is -2.32. The first-order chi connectivity index (χ1) is 8.75. The molecule has 0 saturated heterocycles. The Morgan fingerprint density at radius 1 is 1.28 bits per heavy atom. The van der Waals surface area contributed by atoms with E-state index in [1.54, 1.807) is 0 Å². The number of benzene rings is 1. The maximum atomic E-state index is 11.6. The summed E-state index contributed by atoms with van der Waals surface area (Å²) in [6.07, 6.45) is 3.99. The Morgan fingerprint density at radius 2 is 2.06 bits per heavy atom. The topological polar surface area (TPSA) is 41.1 Å². The molecule has 1 fully saturated rings. The first-order valence-corrected chi connectivity index (χ1v) is 6.80. The Labute approximate surface area is 109 Å². The van der Waals surface area contributed by atoms with E-state index in [1.165, 1.54) is 24.0 Å². The third-order valence-corrected chi connectivity index (χ3v) is 3.34. The number of aryl methyl sites for hydroxylation is 2. The average Bonchev–Trinajstić information content (AvgIpc) is 3.18. The van der Waals surface area contributed by atoms with Crippen molar-refractivity contribution in [2.75, 3.05) is 13.1 Å². The Bertz CT molecular complexity index is 399. The zero-order valence-corrected chi connectivity index (χ0v) is 11.0. The van der Waals surface area contributed by atoms with Crippen LogP contribution in [0.1, 0.15) is 30.4 Å². The van der Waals surface area contributed by atoms with E-state index in [9.17, 15) is 4.79 Å². The highest BCUT2D eigenvalue weighted by Crippen LogP contribution is 2.17. The van der Waals surface area contributed by atoms with Crippen molar-refractivity contribution >= 4 is 5.91 Å². The molecule has 18 heavy (non-hydrogen) atoms. The quantitative estimate of drug-likeness (QED) is 0.720. The van der Waals surface area contributed by atoms with Crippen LogP contribution in [0.15, 0.2) is 24.3 Å². The third-order valence-electron chi connectivity index (χ3n) is 3.34. The van der Waals surface area contributed by atoms with Gasteiger partial charge in [-0.1, -0.05) is 24.3 Å². The number of carbonyl (C=O) groups is 1. The Kier molecular flexibility index (Phi) is 4.76. The maximum Gasteiger partial charge on any atom is 0.220 e. The van der Waals surface area contributed by atoms with E-state index >= 15 is 0 Å². The molecule has 0 heterocycles. The molecule has 2 N–H and O–H groups in total. The Hall–Kier alpha value is -1.35. The molecule has 0 spiro atoms. The van der Waals surface area contributed by atoms with E-state index < -0.39 is 0 Å². The van der Waals surface area contributed by atoms with Crippen LogP contribution in [0.2, 0.25) is 0 Å². The van der Waals surface area contributed by atoms with Gasteiger partial charge in [-0.25, -0.2) is 0 Å². The van der Waals surface area contributed by atoms with Gasteiger partial charge in [0.15, 0.2) is 0 Å². The van der Waals surface area contributed by atoms with Gasteiger partial charge < -0.3 is 10.6 Å². The molecule has 0 aliphatic heterocycles. The van der Waals surface area contributed by atoms with Crippen LogP contribution in [-0.2, 0) is 11.2 Å². The van der Waals surface area contributed by atoms with Crippen molar-refractivity contribution in [3.63, 3.8) is 0 Å². The highest BCUT2D eigenvalue weighted by molar-refractivity contribution is 5.76. The normalized spacial score (nSPS) is 14.5. The van der Waals surface area contributed by atoms with Crippen molar-refractivity contribution in [3.8, 4) is 0 Å². The van der Waals surface area contributed by atoms with E-state index in [0.29, 0.717) is 12.5 Å². The van der Waals surface area contributed by atoms with Crippen LogP contribution in [0.5, 0.6) is 0 Å². The summed E-state index contributed by atoms with van der Waals surface area (Å²) >= 11 is 0. The second-order valence-corrected chi connectivity index (χ2v) is 5.00. The van der Waals surface area contributed by atoms with Gasteiger partial charge in [0.05, 0.1) is 0 Å². The molecule has 2 rings (SSSR count). The van der Waals surface area contributed by atoms with E-state index in [1.807, 2.05) is 12.1 Å². The zero-order valence-electron chi connectivity index (χ0n) is 11.0. The molecule has 0 atom stereocenters. The molecule has 1 amide bonds. The minimum Gasteiger partial charge on any atom is -0.355 e. The maximum absolute atomic E-state index is 11.6. The molecular formula is C15H22N2O. The van der Waals surface area contributed by atoms with Crippen molar-refractivity contribution < 1.29 is 4.79 Å². The predicted octanol–water partition coefficient (Wildman–Crippen LogP) is 1.80. The van der Waals surface area contributed by atoms with E-state index in [-0.39, 0.29) is 5.91 Å². The molecule has 0 unspecified atom stereocenters. The zero-order chi connectivity index (χ0) is 12.8. The Balaban J connectivity index is 1.60. The van der Waals surface area contributed by atoms with Crippen LogP contribution in [-0.4, -0.2) is 25.0 Å². The van der Waals surface area contributed by atoms with Gasteiger partial charge in [-0.05, 0) is 37.3 Å². The van der Waals surface area contributed by atoms with Crippen LogP contribution in [0.25, 0.3) is 0 Å². The van der Waals surface area contributed by atoms with Gasteiger partial charge in [-0.2, -0.15) is 0 Å². The molecular weight excluding hydrogens is 224 g/mol. The average molecular weight is 246 g/mol. The number of nitrogens with one attached hydrogen (secondary N) is 2.